The number of H-pyrrole nitrogens is 2. The maximum atomic E-state index is 13.6. The number of hydrogen-bond acceptors (Lipinski definition) is 7. The molecule has 5 heterocycles. The van der Waals surface area contributed by atoms with Crippen molar-refractivity contribution in [1.82, 2.24) is 34.9 Å². The van der Waals surface area contributed by atoms with Crippen molar-refractivity contribution in [2.45, 2.75) is 32.1 Å². The zero-order valence-corrected chi connectivity index (χ0v) is 20.9. The second kappa shape index (κ2) is 9.14. The molecule has 9 nitrogen and oxygen atoms in total. The maximum absolute atomic E-state index is 13.6. The van der Waals surface area contributed by atoms with E-state index < -0.39 is 11.2 Å². The van der Waals surface area contributed by atoms with Crippen LogP contribution in [0.5, 0.6) is 0 Å². The average Bonchev–Trinajstić information content (AvgIpc) is 3.60. The van der Waals surface area contributed by atoms with Crippen LogP contribution in [0.15, 0.2) is 30.5 Å². The first-order valence-corrected chi connectivity index (χ1v) is 12.9. The van der Waals surface area contributed by atoms with Gasteiger partial charge in [0, 0.05) is 56.4 Å². The summed E-state index contributed by atoms with van der Waals surface area (Å²) in [6.07, 6.45) is -1.93. The number of aromatic amines is 2. The fraction of sp³-hybridized carbons (Fsp3) is 0.417. The van der Waals surface area contributed by atoms with Gasteiger partial charge in [-0.1, -0.05) is 23.5 Å². The lowest BCUT2D eigenvalue weighted by atomic mass is 10.1. The number of halogens is 3. The highest BCUT2D eigenvalue weighted by molar-refractivity contribution is 7.16. The molecule has 2 aliphatic heterocycles. The highest BCUT2D eigenvalue weighted by Gasteiger charge is 2.39. The van der Waals surface area contributed by atoms with Gasteiger partial charge in [0.05, 0.1) is 23.8 Å². The number of rotatable bonds is 4. The van der Waals surface area contributed by atoms with Crippen LogP contribution in [0.2, 0.25) is 0 Å². The van der Waals surface area contributed by atoms with Crippen LogP contribution in [0.3, 0.4) is 0 Å². The van der Waals surface area contributed by atoms with Gasteiger partial charge in [-0.3, -0.25) is 14.8 Å². The third-order valence-corrected chi connectivity index (χ3v) is 8.10. The number of alkyl halides is 3. The maximum Gasteiger partial charge on any atom is 0.443 e. The molecule has 0 bridgehead atoms. The Hall–Kier alpha value is -3.45. The van der Waals surface area contributed by atoms with Crippen LogP contribution in [-0.4, -0.2) is 79.6 Å². The van der Waals surface area contributed by atoms with Crippen molar-refractivity contribution in [3.8, 4) is 11.5 Å². The van der Waals surface area contributed by atoms with Gasteiger partial charge in [0.15, 0.2) is 5.82 Å². The Kier molecular flexibility index (Phi) is 5.91. The number of nitrogens with zero attached hydrogens (tertiary/aromatic N) is 6. The molecule has 4 aromatic rings. The summed E-state index contributed by atoms with van der Waals surface area (Å²) in [5, 5.41) is 6.58. The van der Waals surface area contributed by atoms with Crippen LogP contribution in [0.1, 0.15) is 23.2 Å². The van der Waals surface area contributed by atoms with Crippen molar-refractivity contribution in [2.24, 2.45) is 0 Å². The lowest BCUT2D eigenvalue weighted by molar-refractivity contribution is -0.137. The van der Waals surface area contributed by atoms with Crippen molar-refractivity contribution in [3.63, 3.8) is 0 Å². The van der Waals surface area contributed by atoms with Gasteiger partial charge in [-0.05, 0) is 19.1 Å². The summed E-state index contributed by atoms with van der Waals surface area (Å²) in [7, 11) is 0. The molecule has 0 unspecified atom stereocenters. The molecule has 6 rings (SSSR count). The molecule has 1 aromatic carbocycles. The van der Waals surface area contributed by atoms with Gasteiger partial charge in [-0.2, -0.15) is 18.3 Å². The molecular formula is C24H25F3N8OS. The van der Waals surface area contributed by atoms with Gasteiger partial charge >= 0.3 is 6.18 Å². The van der Waals surface area contributed by atoms with Crippen LogP contribution in [0.25, 0.3) is 22.6 Å². The second-order valence-electron chi connectivity index (χ2n) is 9.49. The van der Waals surface area contributed by atoms with Crippen molar-refractivity contribution < 1.29 is 18.0 Å². The van der Waals surface area contributed by atoms with Crippen molar-refractivity contribution in [3.05, 3.63) is 46.7 Å². The Morgan fingerprint density at radius 3 is 2.81 bits per heavy atom. The molecule has 13 heteroatoms. The van der Waals surface area contributed by atoms with Gasteiger partial charge in [0.25, 0.3) is 0 Å². The number of nitrogens with one attached hydrogen (secondary N) is 2. The SMILES string of the molecule is C[C@@H]1CN(c2sc(C(F)(F)F)nc2-c2nc3ccccc3[nH]2)CCN1C(=O)CN1CCc2[nH]ncc2C1. The monoisotopic (exact) mass is 530 g/mol. The topological polar surface area (TPSA) is 97.0 Å². The van der Waals surface area contributed by atoms with Crippen LogP contribution >= 0.6 is 11.3 Å². The number of anilines is 1. The predicted octanol–water partition coefficient (Wildman–Crippen LogP) is 3.52. The Balaban J connectivity index is 1.20. The molecule has 2 N–H and O–H groups in total. The minimum absolute atomic E-state index is 0.0249. The number of carbonyl (C=O) groups excluding carboxylic acids is 1. The molecule has 1 fully saturated rings. The Labute approximate surface area is 214 Å². The molecule has 0 radical (unpaired) electrons. The first-order chi connectivity index (χ1) is 17.8. The van der Waals surface area contributed by atoms with E-state index >= 15 is 0 Å². The zero-order valence-electron chi connectivity index (χ0n) is 20.0. The van der Waals surface area contributed by atoms with E-state index in [0.29, 0.717) is 60.4 Å². The molecule has 0 spiro atoms. The van der Waals surface area contributed by atoms with E-state index in [-0.39, 0.29) is 17.6 Å². The number of benzene rings is 1. The molecule has 2 aliphatic rings. The number of thiazole rings is 1. The smallest absolute Gasteiger partial charge is 0.358 e. The molecule has 0 aliphatic carbocycles. The standard InChI is InChI=1S/C24H25F3N8OS/c1-14-11-34(8-9-35(14)19(36)13-33-7-6-16-15(12-33)10-28-32-16)22-20(31-23(37-22)24(25,26)27)21-29-17-4-2-3-5-18(17)30-21/h2-5,10,14H,6-9,11-13H2,1H3,(H,28,32)(H,29,30)/t14-/m1/s1. The number of carbonyl (C=O) groups is 1. The lowest BCUT2D eigenvalue weighted by Gasteiger charge is -2.41. The summed E-state index contributed by atoms with van der Waals surface area (Å²) in [5.74, 6) is 0.328. The van der Waals surface area contributed by atoms with Crippen LogP contribution in [0, 0.1) is 0 Å². The van der Waals surface area contributed by atoms with E-state index in [9.17, 15) is 18.0 Å². The van der Waals surface area contributed by atoms with E-state index in [0.717, 1.165) is 29.7 Å². The molecule has 1 saturated heterocycles. The van der Waals surface area contributed by atoms with Crippen molar-refractivity contribution in [1.29, 1.82) is 0 Å². The Bertz CT molecular complexity index is 1410. The third kappa shape index (κ3) is 4.57. The van der Waals surface area contributed by atoms with Gasteiger partial charge < -0.3 is 14.8 Å². The molecule has 37 heavy (non-hydrogen) atoms. The van der Waals surface area contributed by atoms with E-state index in [1.807, 2.05) is 34.9 Å². The fourth-order valence-corrected chi connectivity index (χ4v) is 6.05. The molecule has 3 aromatic heterocycles. The molecule has 194 valence electrons. The van der Waals surface area contributed by atoms with Gasteiger partial charge in [-0.25, -0.2) is 9.97 Å². The Morgan fingerprint density at radius 1 is 1.19 bits per heavy atom. The minimum Gasteiger partial charge on any atom is -0.358 e. The summed E-state index contributed by atoms with van der Waals surface area (Å²) in [6, 6.07) is 7.12. The number of fused-ring (bicyclic) bond motifs is 2. The van der Waals surface area contributed by atoms with Crippen LogP contribution in [-0.2, 0) is 23.9 Å². The summed E-state index contributed by atoms with van der Waals surface area (Å²) in [5.41, 5.74) is 3.81. The van der Waals surface area contributed by atoms with Crippen LogP contribution < -0.4 is 4.90 Å². The number of hydrogen-bond donors (Lipinski definition) is 2. The van der Waals surface area contributed by atoms with Crippen molar-refractivity contribution >= 4 is 33.3 Å². The molecule has 1 atom stereocenters. The number of imidazole rings is 1. The molecule has 0 saturated carbocycles. The van der Waals surface area contributed by atoms with Gasteiger partial charge in [0.1, 0.15) is 10.7 Å². The first-order valence-electron chi connectivity index (χ1n) is 12.1. The predicted molar refractivity (Wildman–Crippen MR) is 133 cm³/mol. The Morgan fingerprint density at radius 2 is 2.03 bits per heavy atom. The summed E-state index contributed by atoms with van der Waals surface area (Å²) < 4.78 is 40.9. The number of para-hydroxylation sites is 2. The number of aromatic nitrogens is 5. The van der Waals surface area contributed by atoms with E-state index in [4.69, 9.17) is 0 Å². The highest BCUT2D eigenvalue weighted by atomic mass is 32.1. The molecular weight excluding hydrogens is 505 g/mol. The largest absolute Gasteiger partial charge is 0.443 e. The van der Waals surface area contributed by atoms with Gasteiger partial charge in [-0.15, -0.1) is 0 Å². The summed E-state index contributed by atoms with van der Waals surface area (Å²) in [4.78, 5) is 30.5. The highest BCUT2D eigenvalue weighted by Crippen LogP contribution is 2.42. The lowest BCUT2D eigenvalue weighted by Crippen LogP contribution is -2.56. The van der Waals surface area contributed by atoms with E-state index in [2.05, 4.69) is 30.0 Å². The van der Waals surface area contributed by atoms with Crippen LogP contribution in [0.4, 0.5) is 18.2 Å². The van der Waals surface area contributed by atoms with E-state index in [1.54, 1.807) is 12.3 Å². The fourth-order valence-electron chi connectivity index (χ4n) is 5.08. The normalized spacial score (nSPS) is 19.0. The van der Waals surface area contributed by atoms with Gasteiger partial charge in [0.2, 0.25) is 10.9 Å². The average molecular weight is 531 g/mol. The number of amides is 1. The number of piperazine rings is 1. The summed E-state index contributed by atoms with van der Waals surface area (Å²) >= 11 is 0.621. The first kappa shape index (κ1) is 23.9. The summed E-state index contributed by atoms with van der Waals surface area (Å²) in [6.45, 7) is 4.92. The quantitative estimate of drug-likeness (QED) is 0.419. The second-order valence-corrected chi connectivity index (χ2v) is 10.5. The zero-order chi connectivity index (χ0) is 25.7. The third-order valence-electron chi connectivity index (χ3n) is 6.94. The minimum atomic E-state index is -4.56. The molecule has 1 amide bonds. The van der Waals surface area contributed by atoms with E-state index in [1.165, 1.54) is 0 Å². The van der Waals surface area contributed by atoms with Crippen molar-refractivity contribution in [2.75, 3.05) is 37.6 Å².